The number of carboxylic acid groups (broad SMARTS) is 4. The summed E-state index contributed by atoms with van der Waals surface area (Å²) < 4.78 is 0. The standard InChI is InChI=1S/C19H30N2O2.2C4H4O4/c22-14-13-20-9-11-21(12-10-20)15-19(23)18-7-5-17(6-8-18)16-3-1-2-4-16;2*5-3(6)1-2-4(7)8/h5-8,16,19,22-23H,1-4,9-15H2;2*1-2H,(H,5,6)(H,7,8)/p-4/b;2*2-1-. The van der Waals surface area contributed by atoms with E-state index in [4.69, 9.17) is 5.11 Å². The van der Waals surface area contributed by atoms with Gasteiger partial charge in [-0.2, -0.15) is 0 Å². The summed E-state index contributed by atoms with van der Waals surface area (Å²) in [5, 5.41) is 57.1. The van der Waals surface area contributed by atoms with E-state index < -0.39 is 30.0 Å². The predicted octanol–water partition coefficient (Wildman–Crippen LogP) is -3.93. The molecule has 1 aliphatic carbocycles. The highest BCUT2D eigenvalue weighted by molar-refractivity contribution is 5.88. The molecule has 1 aromatic carbocycles. The molecule has 1 saturated heterocycles. The highest BCUT2D eigenvalue weighted by atomic mass is 16.4. The van der Waals surface area contributed by atoms with Crippen LogP contribution in [0.2, 0.25) is 0 Å². The van der Waals surface area contributed by atoms with E-state index >= 15 is 0 Å². The van der Waals surface area contributed by atoms with Crippen molar-refractivity contribution in [2.75, 3.05) is 45.9 Å². The van der Waals surface area contributed by atoms with E-state index in [0.717, 1.165) is 44.2 Å². The lowest BCUT2D eigenvalue weighted by atomic mass is 9.95. The van der Waals surface area contributed by atoms with E-state index in [1.165, 1.54) is 31.2 Å². The number of nitrogens with zero attached hydrogens (tertiary/aromatic N) is 2. The van der Waals surface area contributed by atoms with E-state index in [1.54, 1.807) is 0 Å². The Balaban J connectivity index is 0.000000393. The number of β-amino-alcohol motifs (C(OH)–C–C–N with tert-alkyl or cyclic N) is 2. The number of aliphatic hydroxyl groups excluding tert-OH is 2. The van der Waals surface area contributed by atoms with Crippen LogP contribution < -0.4 is 20.4 Å². The fourth-order valence-corrected chi connectivity index (χ4v) is 4.21. The van der Waals surface area contributed by atoms with Crippen LogP contribution in [0.25, 0.3) is 0 Å². The summed E-state index contributed by atoms with van der Waals surface area (Å²) in [4.78, 5) is 42.3. The van der Waals surface area contributed by atoms with Crippen LogP contribution in [0.4, 0.5) is 0 Å². The van der Waals surface area contributed by atoms with Crippen molar-refractivity contribution in [2.45, 2.75) is 37.7 Å². The SMILES string of the molecule is O=C([O-])/C=C\C(=O)[O-].O=C([O-])/C=C\C(=O)[O-].OCCN1CCN(CC(O)c2ccc(C3CCCC3)cc2)CC1. The Bertz CT molecular complexity index is 897. The molecular weight excluding hydrogens is 512 g/mol. The molecule has 2 fully saturated rings. The zero-order chi connectivity index (χ0) is 29.2. The van der Waals surface area contributed by atoms with Crippen molar-refractivity contribution >= 4 is 23.9 Å². The van der Waals surface area contributed by atoms with Gasteiger partial charge in [0.2, 0.25) is 0 Å². The first-order valence-electron chi connectivity index (χ1n) is 12.5. The monoisotopic (exact) mass is 546 g/mol. The molecule has 12 heteroatoms. The van der Waals surface area contributed by atoms with Crippen molar-refractivity contribution in [3.8, 4) is 0 Å². The third-order valence-corrected chi connectivity index (χ3v) is 6.17. The van der Waals surface area contributed by atoms with Crippen molar-refractivity contribution in [3.63, 3.8) is 0 Å². The van der Waals surface area contributed by atoms with Gasteiger partial charge in [-0.25, -0.2) is 0 Å². The summed E-state index contributed by atoms with van der Waals surface area (Å²) in [5.41, 5.74) is 2.47. The Morgan fingerprint density at radius 1 is 0.769 bits per heavy atom. The molecule has 0 amide bonds. The van der Waals surface area contributed by atoms with Crippen LogP contribution in [0.1, 0.15) is 48.8 Å². The molecule has 0 spiro atoms. The molecule has 216 valence electrons. The molecule has 2 N–H and O–H groups in total. The van der Waals surface area contributed by atoms with Gasteiger partial charge in [0.1, 0.15) is 0 Å². The van der Waals surface area contributed by atoms with Crippen molar-refractivity contribution in [3.05, 3.63) is 59.7 Å². The minimum atomic E-state index is -1.55. The molecule has 1 unspecified atom stereocenters. The van der Waals surface area contributed by atoms with Crippen LogP contribution in [-0.2, 0) is 19.2 Å². The summed E-state index contributed by atoms with van der Waals surface area (Å²) >= 11 is 0. The molecule has 39 heavy (non-hydrogen) atoms. The lowest BCUT2D eigenvalue weighted by Gasteiger charge is -2.35. The van der Waals surface area contributed by atoms with Crippen molar-refractivity contribution < 1.29 is 49.8 Å². The van der Waals surface area contributed by atoms with Gasteiger partial charge in [-0.3, -0.25) is 9.80 Å². The lowest BCUT2D eigenvalue weighted by Crippen LogP contribution is -2.48. The van der Waals surface area contributed by atoms with E-state index in [9.17, 15) is 44.7 Å². The highest BCUT2D eigenvalue weighted by Gasteiger charge is 2.20. The molecule has 2 aliphatic rings. The zero-order valence-corrected chi connectivity index (χ0v) is 21.6. The zero-order valence-electron chi connectivity index (χ0n) is 21.6. The summed E-state index contributed by atoms with van der Waals surface area (Å²) in [5.74, 6) is -5.45. The second-order valence-electron chi connectivity index (χ2n) is 8.97. The van der Waals surface area contributed by atoms with Crippen molar-refractivity contribution in [1.82, 2.24) is 9.80 Å². The first-order chi connectivity index (χ1) is 18.5. The van der Waals surface area contributed by atoms with Crippen LogP contribution in [0.15, 0.2) is 48.6 Å². The van der Waals surface area contributed by atoms with Gasteiger partial charge >= 0.3 is 0 Å². The van der Waals surface area contributed by atoms with E-state index in [1.807, 2.05) is 0 Å². The largest absolute Gasteiger partial charge is 0.545 e. The molecule has 12 nitrogen and oxygen atoms in total. The molecule has 1 heterocycles. The Hall–Kier alpha value is -3.58. The molecule has 3 rings (SSSR count). The van der Waals surface area contributed by atoms with Gasteiger partial charge in [-0.15, -0.1) is 0 Å². The van der Waals surface area contributed by atoms with Gasteiger partial charge < -0.3 is 49.8 Å². The summed E-state index contributed by atoms with van der Waals surface area (Å²) in [7, 11) is 0. The fourth-order valence-electron chi connectivity index (χ4n) is 4.21. The molecule has 0 radical (unpaired) electrons. The molecule has 0 aromatic heterocycles. The Kier molecular flexibility index (Phi) is 16.0. The molecule has 1 saturated carbocycles. The van der Waals surface area contributed by atoms with E-state index in [0.29, 0.717) is 30.8 Å². The average Bonchev–Trinajstić information content (AvgIpc) is 3.44. The normalized spacial score (nSPS) is 17.2. The number of carbonyl (C=O) groups is 4. The molecular formula is C27H34N2O10-4. The summed E-state index contributed by atoms with van der Waals surface area (Å²) in [6, 6.07) is 8.65. The Morgan fingerprint density at radius 3 is 1.56 bits per heavy atom. The van der Waals surface area contributed by atoms with Crippen molar-refractivity contribution in [1.29, 1.82) is 0 Å². The molecule has 1 aromatic rings. The third-order valence-electron chi connectivity index (χ3n) is 6.17. The molecule has 0 bridgehead atoms. The predicted molar refractivity (Wildman–Crippen MR) is 131 cm³/mol. The van der Waals surface area contributed by atoms with Crippen molar-refractivity contribution in [2.24, 2.45) is 0 Å². The maximum absolute atomic E-state index is 10.5. The van der Waals surface area contributed by atoms with Crippen LogP contribution in [0.5, 0.6) is 0 Å². The van der Waals surface area contributed by atoms with E-state index in [-0.39, 0.29) is 6.61 Å². The van der Waals surface area contributed by atoms with Crippen LogP contribution in [-0.4, -0.2) is 89.8 Å². The summed E-state index contributed by atoms with van der Waals surface area (Å²) in [6.07, 6.45) is 6.49. The van der Waals surface area contributed by atoms with Crippen LogP contribution in [0.3, 0.4) is 0 Å². The minimum absolute atomic E-state index is 0.232. The first-order valence-corrected chi connectivity index (χ1v) is 12.5. The Morgan fingerprint density at radius 2 is 1.18 bits per heavy atom. The number of hydrogen-bond acceptors (Lipinski definition) is 12. The van der Waals surface area contributed by atoms with Gasteiger partial charge in [0.05, 0.1) is 36.6 Å². The van der Waals surface area contributed by atoms with Gasteiger partial charge in [-0.1, -0.05) is 37.1 Å². The second kappa shape index (κ2) is 18.6. The number of carbonyl (C=O) groups excluding carboxylic acids is 4. The number of aliphatic carboxylic acids is 4. The number of hydrogen-bond donors (Lipinski definition) is 2. The maximum Gasteiger partial charge on any atom is 0.0916 e. The summed E-state index contributed by atoms with van der Waals surface area (Å²) in [6.45, 7) is 5.60. The molecule has 1 atom stereocenters. The number of benzene rings is 1. The number of carboxylic acids is 4. The first kappa shape index (κ1) is 33.4. The smallest absolute Gasteiger partial charge is 0.0916 e. The van der Waals surface area contributed by atoms with Gasteiger partial charge in [-0.05, 0) is 54.2 Å². The number of piperazine rings is 1. The third kappa shape index (κ3) is 15.4. The van der Waals surface area contributed by atoms with Gasteiger partial charge in [0.25, 0.3) is 0 Å². The van der Waals surface area contributed by atoms with E-state index in [2.05, 4.69) is 34.1 Å². The average molecular weight is 547 g/mol. The number of aliphatic hydroxyl groups is 2. The topological polar surface area (TPSA) is 207 Å². The second-order valence-corrected chi connectivity index (χ2v) is 8.97. The van der Waals surface area contributed by atoms with Crippen LogP contribution >= 0.6 is 0 Å². The fraction of sp³-hybridized carbons (Fsp3) is 0.481. The van der Waals surface area contributed by atoms with Gasteiger partial charge in [0.15, 0.2) is 0 Å². The minimum Gasteiger partial charge on any atom is -0.545 e. The van der Waals surface area contributed by atoms with Crippen LogP contribution in [0, 0.1) is 0 Å². The quantitative estimate of drug-likeness (QED) is 0.270. The molecule has 1 aliphatic heterocycles. The van der Waals surface area contributed by atoms with Gasteiger partial charge in [0, 0.05) is 39.3 Å². The number of rotatable bonds is 10. The maximum atomic E-state index is 10.5. The highest BCUT2D eigenvalue weighted by Crippen LogP contribution is 2.34. The Labute approximate surface area is 227 Å². The lowest BCUT2D eigenvalue weighted by molar-refractivity contribution is -0.301.